The minimum Gasteiger partial charge on any atom is -0.352 e. The molecule has 42 heavy (non-hydrogen) atoms. The van der Waals surface area contributed by atoms with Gasteiger partial charge in [-0.3, -0.25) is 13.9 Å². The predicted molar refractivity (Wildman–Crippen MR) is 169 cm³/mol. The number of anilines is 1. The highest BCUT2D eigenvalue weighted by atomic mass is 35.5. The van der Waals surface area contributed by atoms with Crippen LogP contribution in [0.3, 0.4) is 0 Å². The molecule has 3 aromatic carbocycles. The highest BCUT2D eigenvalue weighted by Crippen LogP contribution is 2.27. The fourth-order valence-electron chi connectivity index (χ4n) is 4.96. The van der Waals surface area contributed by atoms with Crippen LogP contribution in [0.2, 0.25) is 15.1 Å². The molecule has 0 aromatic heterocycles. The number of nitrogens with zero attached hydrogens (tertiary/aromatic N) is 2. The van der Waals surface area contributed by atoms with E-state index in [0.29, 0.717) is 26.3 Å². The average molecular weight is 651 g/mol. The van der Waals surface area contributed by atoms with E-state index in [1.165, 1.54) is 29.2 Å². The highest BCUT2D eigenvalue weighted by molar-refractivity contribution is 7.92. The van der Waals surface area contributed by atoms with E-state index < -0.39 is 28.5 Å². The molecule has 1 saturated carbocycles. The van der Waals surface area contributed by atoms with Gasteiger partial charge in [-0.15, -0.1) is 0 Å². The zero-order valence-corrected chi connectivity index (χ0v) is 26.6. The van der Waals surface area contributed by atoms with Crippen LogP contribution >= 0.6 is 34.8 Å². The molecule has 7 nitrogen and oxygen atoms in total. The molecule has 1 aliphatic rings. The lowest BCUT2D eigenvalue weighted by Gasteiger charge is -2.33. The Hall–Kier alpha value is -2.78. The number of benzene rings is 3. The van der Waals surface area contributed by atoms with Crippen molar-refractivity contribution in [1.29, 1.82) is 0 Å². The van der Waals surface area contributed by atoms with Gasteiger partial charge >= 0.3 is 0 Å². The second-order valence-electron chi connectivity index (χ2n) is 10.6. The zero-order chi connectivity index (χ0) is 30.4. The van der Waals surface area contributed by atoms with E-state index in [0.717, 1.165) is 42.0 Å². The van der Waals surface area contributed by atoms with Gasteiger partial charge in [0, 0.05) is 17.6 Å². The minimum atomic E-state index is -4.18. The lowest BCUT2D eigenvalue weighted by Crippen LogP contribution is -2.53. The smallest absolute Gasteiger partial charge is 0.264 e. The second-order valence-corrected chi connectivity index (χ2v) is 13.7. The number of rotatable bonds is 10. The number of aryl methyl sites for hydroxylation is 1. The van der Waals surface area contributed by atoms with E-state index in [1.807, 2.05) is 6.92 Å². The third kappa shape index (κ3) is 7.98. The lowest BCUT2D eigenvalue weighted by atomic mass is 9.95. The molecule has 0 spiro atoms. The van der Waals surface area contributed by atoms with Crippen LogP contribution in [0, 0.1) is 6.92 Å². The van der Waals surface area contributed by atoms with Crippen molar-refractivity contribution >= 4 is 62.3 Å². The number of carbonyl (C=O) groups excluding carboxylic acids is 2. The minimum absolute atomic E-state index is 0.0144. The maximum Gasteiger partial charge on any atom is 0.264 e. The third-order valence-corrected chi connectivity index (χ3v) is 10.2. The van der Waals surface area contributed by atoms with Gasteiger partial charge in [-0.2, -0.15) is 0 Å². The van der Waals surface area contributed by atoms with Crippen LogP contribution < -0.4 is 9.62 Å². The Labute approximate surface area is 262 Å². The Bertz CT molecular complexity index is 1510. The molecule has 1 fully saturated rings. The molecule has 1 N–H and O–H groups in total. The quantitative estimate of drug-likeness (QED) is 0.256. The second kappa shape index (κ2) is 14.1. The Kier molecular flexibility index (Phi) is 10.8. The van der Waals surface area contributed by atoms with Gasteiger partial charge in [0.25, 0.3) is 10.0 Å². The van der Waals surface area contributed by atoms with Crippen molar-refractivity contribution in [2.24, 2.45) is 0 Å². The first kappa shape index (κ1) is 32.1. The summed E-state index contributed by atoms with van der Waals surface area (Å²) < 4.78 is 28.9. The van der Waals surface area contributed by atoms with Crippen molar-refractivity contribution in [2.75, 3.05) is 10.8 Å². The van der Waals surface area contributed by atoms with E-state index in [9.17, 15) is 18.0 Å². The van der Waals surface area contributed by atoms with Crippen molar-refractivity contribution in [3.8, 4) is 0 Å². The summed E-state index contributed by atoms with van der Waals surface area (Å²) >= 11 is 18.4. The van der Waals surface area contributed by atoms with Gasteiger partial charge in [-0.1, -0.05) is 77.8 Å². The molecule has 0 radical (unpaired) electrons. The molecule has 0 aliphatic heterocycles. The van der Waals surface area contributed by atoms with Crippen LogP contribution in [-0.2, 0) is 26.2 Å². The molecule has 3 aromatic rings. The van der Waals surface area contributed by atoms with Crippen molar-refractivity contribution in [2.45, 2.75) is 69.5 Å². The van der Waals surface area contributed by atoms with E-state index in [-0.39, 0.29) is 23.4 Å². The van der Waals surface area contributed by atoms with Crippen LogP contribution in [0.15, 0.2) is 71.6 Å². The molecular weight excluding hydrogens is 617 g/mol. The van der Waals surface area contributed by atoms with E-state index in [1.54, 1.807) is 49.4 Å². The fraction of sp³-hybridized carbons (Fsp3) is 0.355. The summed E-state index contributed by atoms with van der Waals surface area (Å²) in [5.41, 5.74) is 1.90. The number of amides is 2. The molecule has 4 rings (SSSR count). The largest absolute Gasteiger partial charge is 0.352 e. The number of sulfonamides is 1. The number of hydrogen-bond donors (Lipinski definition) is 1. The number of halogens is 3. The van der Waals surface area contributed by atoms with Gasteiger partial charge in [0.1, 0.15) is 12.6 Å². The topological polar surface area (TPSA) is 86.8 Å². The SMILES string of the molecule is Cc1ccc(N(CC(=O)N(Cc2ccc(Cl)c(Cl)c2)[C@@H](C)C(=O)NC2CCCCC2)S(=O)(=O)c2ccc(Cl)cc2)cc1. The van der Waals surface area contributed by atoms with Crippen LogP contribution in [0.5, 0.6) is 0 Å². The van der Waals surface area contributed by atoms with E-state index in [2.05, 4.69) is 5.32 Å². The van der Waals surface area contributed by atoms with Crippen molar-refractivity contribution in [3.63, 3.8) is 0 Å². The first-order valence-electron chi connectivity index (χ1n) is 13.8. The Morgan fingerprint density at radius 3 is 2.17 bits per heavy atom. The molecule has 0 saturated heterocycles. The summed E-state index contributed by atoms with van der Waals surface area (Å²) in [7, 11) is -4.18. The number of nitrogens with one attached hydrogen (secondary N) is 1. The molecular formula is C31H34Cl3N3O4S. The summed E-state index contributed by atoms with van der Waals surface area (Å²) in [6.45, 7) is 3.03. The van der Waals surface area contributed by atoms with Crippen molar-refractivity contribution in [3.05, 3.63) is 92.9 Å². The molecule has 0 unspecified atom stereocenters. The first-order chi connectivity index (χ1) is 20.0. The molecule has 1 aliphatic carbocycles. The van der Waals surface area contributed by atoms with Gasteiger partial charge < -0.3 is 10.2 Å². The average Bonchev–Trinajstić information content (AvgIpc) is 2.97. The van der Waals surface area contributed by atoms with Crippen LogP contribution in [0.4, 0.5) is 5.69 Å². The van der Waals surface area contributed by atoms with Gasteiger partial charge in [-0.25, -0.2) is 8.42 Å². The molecule has 0 bridgehead atoms. The summed E-state index contributed by atoms with van der Waals surface area (Å²) in [6.07, 6.45) is 5.00. The van der Waals surface area contributed by atoms with Gasteiger partial charge in [-0.05, 0) is 80.8 Å². The maximum atomic E-state index is 14.1. The van der Waals surface area contributed by atoms with E-state index >= 15 is 0 Å². The maximum absolute atomic E-state index is 14.1. The monoisotopic (exact) mass is 649 g/mol. The number of carbonyl (C=O) groups is 2. The fourth-order valence-corrected chi connectivity index (χ4v) is 6.82. The first-order valence-corrected chi connectivity index (χ1v) is 16.4. The van der Waals surface area contributed by atoms with Gasteiger partial charge in [0.15, 0.2) is 0 Å². The summed E-state index contributed by atoms with van der Waals surface area (Å²) in [6, 6.07) is 16.8. The van der Waals surface area contributed by atoms with Crippen LogP contribution in [-0.4, -0.2) is 43.8 Å². The normalized spacial score (nSPS) is 14.7. The third-order valence-electron chi connectivity index (χ3n) is 7.46. The lowest BCUT2D eigenvalue weighted by molar-refractivity contribution is -0.139. The Balaban J connectivity index is 1.68. The Morgan fingerprint density at radius 1 is 0.905 bits per heavy atom. The summed E-state index contributed by atoms with van der Waals surface area (Å²) in [4.78, 5) is 28.9. The van der Waals surface area contributed by atoms with E-state index in [4.69, 9.17) is 34.8 Å². The molecule has 11 heteroatoms. The van der Waals surface area contributed by atoms with Crippen molar-refractivity contribution < 1.29 is 18.0 Å². The molecule has 2 amide bonds. The summed E-state index contributed by atoms with van der Waals surface area (Å²) in [5, 5.41) is 4.15. The van der Waals surface area contributed by atoms with Crippen molar-refractivity contribution in [1.82, 2.24) is 10.2 Å². The molecule has 0 heterocycles. The standard InChI is InChI=1S/C31H34Cl3N3O4S/c1-21-8-13-26(14-9-21)37(42(40,41)27-15-11-24(32)12-16-27)20-30(38)36(19-23-10-17-28(33)29(34)18-23)22(2)31(39)35-25-6-4-3-5-7-25/h8-18,22,25H,3-7,19-20H2,1-2H3,(H,35,39)/t22-/m0/s1. The number of hydrogen-bond acceptors (Lipinski definition) is 4. The zero-order valence-electron chi connectivity index (χ0n) is 23.5. The van der Waals surface area contributed by atoms with Crippen LogP contribution in [0.1, 0.15) is 50.2 Å². The van der Waals surface area contributed by atoms with Gasteiger partial charge in [0.05, 0.1) is 20.6 Å². The predicted octanol–water partition coefficient (Wildman–Crippen LogP) is 7.02. The Morgan fingerprint density at radius 2 is 1.55 bits per heavy atom. The highest BCUT2D eigenvalue weighted by Gasteiger charge is 2.33. The summed E-state index contributed by atoms with van der Waals surface area (Å²) in [5.74, 6) is -0.844. The molecule has 1 atom stereocenters. The molecule has 224 valence electrons. The van der Waals surface area contributed by atoms with Gasteiger partial charge in [0.2, 0.25) is 11.8 Å². The van der Waals surface area contributed by atoms with Crippen LogP contribution in [0.25, 0.3) is 0 Å².